The number of fused-ring (bicyclic) bond motifs is 5. The third kappa shape index (κ3) is 15.5. The number of nitrogens with zero attached hydrogens (tertiary/aromatic N) is 8. The summed E-state index contributed by atoms with van der Waals surface area (Å²) in [5.74, 6) is -3.46. The Morgan fingerprint density at radius 3 is 1.31 bits per heavy atom. The van der Waals surface area contributed by atoms with E-state index in [0.29, 0.717) is 28.7 Å². The molecule has 460 valence electrons. The lowest BCUT2D eigenvalue weighted by atomic mass is 9.93. The number of rotatable bonds is 13. The van der Waals surface area contributed by atoms with Crippen LogP contribution in [0.4, 0.5) is 0 Å². The lowest BCUT2D eigenvalue weighted by molar-refractivity contribution is -0.139. The highest BCUT2D eigenvalue weighted by atomic mass is 32.2. The molecule has 0 aliphatic carbocycles. The molecule has 4 heterocycles. The van der Waals surface area contributed by atoms with E-state index in [2.05, 4.69) is 44.2 Å². The average Bonchev–Trinajstić information content (AvgIpc) is 0.810. The molecule has 9 aromatic carbocycles. The molecule has 0 saturated heterocycles. The molecule has 0 aliphatic heterocycles. The zero-order valence-corrected chi connectivity index (χ0v) is 51.8. The van der Waals surface area contributed by atoms with Crippen molar-refractivity contribution in [2.24, 2.45) is 0 Å². The van der Waals surface area contributed by atoms with Crippen molar-refractivity contribution in [2.45, 2.75) is 42.8 Å². The second-order valence-electron chi connectivity index (χ2n) is 22.3. The van der Waals surface area contributed by atoms with Gasteiger partial charge in [0, 0.05) is 110 Å². The molecule has 0 unspecified atom stereocenters. The average molecular weight is 1260 g/mol. The SMILES string of the molecule is CC(C)(Sc1ccc2cncc(-c3ccc(C#N)cc3)c2c1)C(=O)O.N#Cc1ccc(-c2cncc3ccc(C(=O)O)cc23)cc1.N#Cc1ccc(-c2cncc3ccc(CC(=O)O)cc23)c2ccccc12.N#Cc1ccc(-c2cncc3ccc(CCC(=O)O)cc23)cc1. The predicted octanol–water partition coefficient (Wildman–Crippen LogP) is 16.5. The highest BCUT2D eigenvalue weighted by Gasteiger charge is 2.28. The van der Waals surface area contributed by atoms with E-state index in [4.69, 9.17) is 31.1 Å². The van der Waals surface area contributed by atoms with Crippen LogP contribution in [0.25, 0.3) is 98.4 Å². The molecule has 0 saturated carbocycles. The molecule has 95 heavy (non-hydrogen) atoms. The number of aryl methyl sites for hydroxylation is 1. The number of carboxylic acids is 4. The van der Waals surface area contributed by atoms with Gasteiger partial charge in [-0.25, -0.2) is 4.79 Å². The molecule has 17 heteroatoms. The van der Waals surface area contributed by atoms with E-state index >= 15 is 0 Å². The van der Waals surface area contributed by atoms with Gasteiger partial charge in [0.15, 0.2) is 0 Å². The number of aromatic carboxylic acids is 1. The first kappa shape index (κ1) is 65.0. The largest absolute Gasteiger partial charge is 0.481 e. The maximum absolute atomic E-state index is 11.4. The van der Waals surface area contributed by atoms with Crippen LogP contribution in [0, 0.1) is 45.3 Å². The zero-order valence-electron chi connectivity index (χ0n) is 51.0. The molecule has 0 radical (unpaired) electrons. The van der Waals surface area contributed by atoms with Crippen LogP contribution in [0.1, 0.15) is 64.0 Å². The first-order valence-electron chi connectivity index (χ1n) is 29.5. The second kappa shape index (κ2) is 29.4. The Kier molecular flexibility index (Phi) is 20.1. The van der Waals surface area contributed by atoms with Crippen LogP contribution in [0.15, 0.2) is 236 Å². The maximum Gasteiger partial charge on any atom is 0.335 e. The van der Waals surface area contributed by atoms with E-state index in [1.807, 2.05) is 127 Å². The van der Waals surface area contributed by atoms with Gasteiger partial charge in [-0.15, -0.1) is 11.8 Å². The Labute approximate surface area is 549 Å². The molecule has 4 N–H and O–H groups in total. The van der Waals surface area contributed by atoms with Crippen LogP contribution < -0.4 is 0 Å². The lowest BCUT2D eigenvalue weighted by Crippen LogP contribution is -2.26. The number of nitriles is 4. The highest BCUT2D eigenvalue weighted by Crippen LogP contribution is 2.39. The van der Waals surface area contributed by atoms with Crippen LogP contribution in [0.5, 0.6) is 0 Å². The van der Waals surface area contributed by atoms with Gasteiger partial charge in [-0.2, -0.15) is 21.0 Å². The van der Waals surface area contributed by atoms with Crippen LogP contribution >= 0.6 is 11.8 Å². The fraction of sp³-hybridized carbons (Fsp3) is 0.0769. The monoisotopic (exact) mass is 1260 g/mol. The van der Waals surface area contributed by atoms with Crippen molar-refractivity contribution in [3.63, 3.8) is 0 Å². The Hall–Kier alpha value is -12.9. The molecule has 0 aliphatic rings. The summed E-state index contributed by atoms with van der Waals surface area (Å²) in [6, 6.07) is 64.3. The van der Waals surface area contributed by atoms with Gasteiger partial charge in [-0.1, -0.05) is 109 Å². The lowest BCUT2D eigenvalue weighted by Gasteiger charge is -2.19. The maximum atomic E-state index is 11.4. The van der Waals surface area contributed by atoms with Crippen molar-refractivity contribution >= 4 is 89.5 Å². The van der Waals surface area contributed by atoms with Crippen LogP contribution in [-0.4, -0.2) is 69.0 Å². The fourth-order valence-electron chi connectivity index (χ4n) is 10.7. The first-order valence-corrected chi connectivity index (χ1v) is 30.3. The van der Waals surface area contributed by atoms with Gasteiger partial charge >= 0.3 is 23.9 Å². The van der Waals surface area contributed by atoms with E-state index < -0.39 is 28.6 Å². The van der Waals surface area contributed by atoms with E-state index in [-0.39, 0.29) is 18.4 Å². The Morgan fingerprint density at radius 2 is 0.842 bits per heavy atom. The first-order chi connectivity index (χ1) is 45.9. The number of pyridine rings is 4. The summed E-state index contributed by atoms with van der Waals surface area (Å²) >= 11 is 1.32. The molecule has 0 atom stereocenters. The molecule has 13 rings (SSSR count). The van der Waals surface area contributed by atoms with Crippen LogP contribution in [-0.2, 0) is 27.2 Å². The van der Waals surface area contributed by atoms with Crippen molar-refractivity contribution in [3.8, 4) is 68.8 Å². The Balaban J connectivity index is 0.000000138. The number of thioether (sulfide) groups is 1. The van der Waals surface area contributed by atoms with Gasteiger partial charge in [-0.05, 0) is 153 Å². The quantitative estimate of drug-likeness (QED) is 0.0780. The summed E-state index contributed by atoms with van der Waals surface area (Å²) in [4.78, 5) is 62.3. The third-order valence-corrected chi connectivity index (χ3v) is 16.7. The fourth-order valence-corrected chi connectivity index (χ4v) is 11.7. The van der Waals surface area contributed by atoms with Crippen molar-refractivity contribution < 1.29 is 39.6 Å². The topological polar surface area (TPSA) is 296 Å². The third-order valence-electron chi connectivity index (χ3n) is 15.6. The van der Waals surface area contributed by atoms with Crippen molar-refractivity contribution in [2.75, 3.05) is 0 Å². The number of hydrogen-bond donors (Lipinski definition) is 4. The number of aromatic nitrogens is 4. The van der Waals surface area contributed by atoms with Gasteiger partial charge in [0.1, 0.15) is 4.75 Å². The van der Waals surface area contributed by atoms with Gasteiger partial charge in [0.05, 0.1) is 58.5 Å². The summed E-state index contributed by atoms with van der Waals surface area (Å²) in [7, 11) is 0. The summed E-state index contributed by atoms with van der Waals surface area (Å²) < 4.78 is -0.907. The molecule has 0 amide bonds. The molecule has 0 spiro atoms. The van der Waals surface area contributed by atoms with Crippen molar-refractivity contribution in [3.05, 3.63) is 271 Å². The number of benzene rings is 9. The minimum Gasteiger partial charge on any atom is -0.481 e. The molecule has 0 bridgehead atoms. The van der Waals surface area contributed by atoms with Gasteiger partial charge in [-0.3, -0.25) is 34.3 Å². The second-order valence-corrected chi connectivity index (χ2v) is 23.9. The summed E-state index contributed by atoms with van der Waals surface area (Å²) in [6.07, 6.45) is 14.7. The predicted molar refractivity (Wildman–Crippen MR) is 367 cm³/mol. The van der Waals surface area contributed by atoms with Crippen molar-refractivity contribution in [1.82, 2.24) is 19.9 Å². The van der Waals surface area contributed by atoms with E-state index in [9.17, 15) is 29.5 Å². The van der Waals surface area contributed by atoms with Gasteiger partial charge < -0.3 is 20.4 Å². The molecule has 0 fully saturated rings. The van der Waals surface area contributed by atoms with E-state index in [0.717, 1.165) is 114 Å². The van der Waals surface area contributed by atoms with Gasteiger partial charge in [0.2, 0.25) is 0 Å². The Bertz CT molecular complexity index is 5300. The number of carbonyl (C=O) groups is 4. The Morgan fingerprint density at radius 1 is 0.411 bits per heavy atom. The van der Waals surface area contributed by atoms with E-state index in [1.54, 1.807) is 118 Å². The minimum absolute atomic E-state index is 0.0220. The van der Waals surface area contributed by atoms with Crippen molar-refractivity contribution in [1.29, 1.82) is 21.0 Å². The molecular weight excluding hydrogens is 1210 g/mol. The molecule has 4 aromatic heterocycles. The highest BCUT2D eigenvalue weighted by molar-refractivity contribution is 8.01. The molecule has 16 nitrogen and oxygen atoms in total. The normalized spacial score (nSPS) is 10.7. The molecular formula is C78H54N8O8S. The number of carboxylic acid groups (broad SMARTS) is 4. The van der Waals surface area contributed by atoms with E-state index in [1.165, 1.54) is 11.8 Å². The summed E-state index contributed by atoms with van der Waals surface area (Å²) in [5, 5.41) is 81.9. The number of hydrogen-bond acceptors (Lipinski definition) is 13. The van der Waals surface area contributed by atoms with Crippen LogP contribution in [0.3, 0.4) is 0 Å². The minimum atomic E-state index is -0.959. The summed E-state index contributed by atoms with van der Waals surface area (Å²) in [6.45, 7) is 3.39. The summed E-state index contributed by atoms with van der Waals surface area (Å²) in [5.41, 5.74) is 11.9. The van der Waals surface area contributed by atoms with Crippen LogP contribution in [0.2, 0.25) is 0 Å². The molecule has 13 aromatic rings. The van der Waals surface area contributed by atoms with Gasteiger partial charge in [0.25, 0.3) is 0 Å². The smallest absolute Gasteiger partial charge is 0.335 e. The zero-order chi connectivity index (χ0) is 67.2. The standard InChI is InChI=1S/C22H14N2O2.C20H16N2O2S.C19H14N2O2.C17H10N2O2/c23-11-15-7-8-19(18-4-2-1-3-17(15)18)21-13-24-12-16-6-5-14(9-20(16)21)10-22(25)26;1-20(2,19(23)24)25-16-8-7-15-11-22-12-18(17(15)9-16)14-5-3-13(10-21)4-6-14;20-10-14-2-5-15(6-3-14)18-12-21-11-16-7-1-13(9-17(16)18)4-8-19(22)23;18-8-11-1-3-12(4-2-11)16-10-19-9-14-6-5-13(17(20)21)7-15(14)16/h1-9,12-13H,10H2,(H,25,26);3-9,11-12H,1-2H3,(H,23,24);1-3,5-7,9,11-12H,4,8H2,(H,22,23);1-7,9-10H,(H,20,21). The number of aliphatic carboxylic acids is 3.